The molecule has 1 saturated carbocycles. The van der Waals surface area contributed by atoms with Crippen LogP contribution in [0.1, 0.15) is 24.8 Å². The fourth-order valence-electron chi connectivity index (χ4n) is 3.57. The minimum atomic E-state index is 0.708. The fourth-order valence-corrected chi connectivity index (χ4v) is 3.83. The number of piperidine rings is 1. The first kappa shape index (κ1) is 13.6. The molecule has 2 aliphatic rings. The third-order valence-electron chi connectivity index (χ3n) is 4.86. The Morgan fingerprint density at radius 2 is 1.95 bits per heavy atom. The topological polar surface area (TPSA) is 15.3 Å². The Labute approximate surface area is 124 Å². The van der Waals surface area contributed by atoms with Crippen LogP contribution in [0.2, 0.25) is 0 Å². The van der Waals surface area contributed by atoms with Crippen molar-refractivity contribution < 1.29 is 0 Å². The highest BCUT2D eigenvalue weighted by Crippen LogP contribution is 2.58. The van der Waals surface area contributed by atoms with E-state index in [0.29, 0.717) is 5.41 Å². The highest BCUT2D eigenvalue weighted by atomic mass is 79.9. The van der Waals surface area contributed by atoms with Crippen LogP contribution < -0.4 is 5.32 Å². The lowest BCUT2D eigenvalue weighted by Gasteiger charge is -2.25. The van der Waals surface area contributed by atoms with E-state index in [4.69, 9.17) is 0 Å². The highest BCUT2D eigenvalue weighted by Gasteiger charge is 2.53. The number of nitrogens with one attached hydrogen (secondary N) is 1. The second-order valence-corrected chi connectivity index (χ2v) is 7.25. The van der Waals surface area contributed by atoms with Crippen molar-refractivity contribution in [3.8, 4) is 0 Å². The molecule has 0 bridgehead atoms. The normalized spacial score (nSPS) is 24.9. The first-order valence-corrected chi connectivity index (χ1v) is 8.11. The SMILES string of the molecule is CN(Cc1ccc(Br)cc1)CC1CC12CCNCC2. The van der Waals surface area contributed by atoms with E-state index >= 15 is 0 Å². The van der Waals surface area contributed by atoms with Crippen molar-refractivity contribution >= 4 is 15.9 Å². The van der Waals surface area contributed by atoms with Crippen LogP contribution in [0, 0.1) is 11.3 Å². The molecule has 0 amide bonds. The Morgan fingerprint density at radius 3 is 2.63 bits per heavy atom. The van der Waals surface area contributed by atoms with Gasteiger partial charge >= 0.3 is 0 Å². The van der Waals surface area contributed by atoms with E-state index in [0.717, 1.165) is 16.9 Å². The van der Waals surface area contributed by atoms with Gasteiger partial charge in [0.2, 0.25) is 0 Å². The maximum Gasteiger partial charge on any atom is 0.0230 e. The summed E-state index contributed by atoms with van der Waals surface area (Å²) in [5, 5.41) is 3.48. The van der Waals surface area contributed by atoms with Crippen LogP contribution in [0.15, 0.2) is 28.7 Å². The summed E-state index contributed by atoms with van der Waals surface area (Å²) in [7, 11) is 2.26. The van der Waals surface area contributed by atoms with Gasteiger partial charge in [0.25, 0.3) is 0 Å². The maximum atomic E-state index is 3.49. The molecule has 2 fully saturated rings. The van der Waals surface area contributed by atoms with Crippen LogP contribution in [-0.4, -0.2) is 31.6 Å². The van der Waals surface area contributed by atoms with Crippen LogP contribution in [0.5, 0.6) is 0 Å². The molecule has 104 valence electrons. The molecular formula is C16H23BrN2. The minimum Gasteiger partial charge on any atom is -0.317 e. The molecule has 3 rings (SSSR count). The molecule has 2 nitrogen and oxygen atoms in total. The number of hydrogen-bond acceptors (Lipinski definition) is 2. The molecule has 1 heterocycles. The first-order chi connectivity index (χ1) is 9.18. The number of rotatable bonds is 4. The second kappa shape index (κ2) is 5.55. The van der Waals surface area contributed by atoms with Gasteiger partial charge < -0.3 is 10.2 Å². The summed E-state index contributed by atoms with van der Waals surface area (Å²) in [6.07, 6.45) is 4.24. The van der Waals surface area contributed by atoms with Crippen LogP contribution >= 0.6 is 15.9 Å². The number of benzene rings is 1. The second-order valence-electron chi connectivity index (χ2n) is 6.34. The molecule has 1 spiro atoms. The third kappa shape index (κ3) is 3.21. The molecule has 1 saturated heterocycles. The largest absolute Gasteiger partial charge is 0.317 e. The Hall–Kier alpha value is -0.380. The monoisotopic (exact) mass is 322 g/mol. The predicted molar refractivity (Wildman–Crippen MR) is 83.1 cm³/mol. The maximum absolute atomic E-state index is 3.49. The van der Waals surface area contributed by atoms with E-state index in [-0.39, 0.29) is 0 Å². The molecule has 0 aromatic heterocycles. The van der Waals surface area contributed by atoms with Gasteiger partial charge in [-0.3, -0.25) is 0 Å². The van der Waals surface area contributed by atoms with Gasteiger partial charge in [0, 0.05) is 17.6 Å². The number of hydrogen-bond donors (Lipinski definition) is 1. The van der Waals surface area contributed by atoms with E-state index in [1.807, 2.05) is 0 Å². The van der Waals surface area contributed by atoms with Gasteiger partial charge in [0.05, 0.1) is 0 Å². The van der Waals surface area contributed by atoms with E-state index < -0.39 is 0 Å². The predicted octanol–water partition coefficient (Wildman–Crippen LogP) is 3.27. The molecular weight excluding hydrogens is 300 g/mol. The lowest BCUT2D eigenvalue weighted by Crippen LogP contribution is -2.31. The van der Waals surface area contributed by atoms with Gasteiger partial charge in [-0.25, -0.2) is 0 Å². The van der Waals surface area contributed by atoms with Crippen LogP contribution in [0.4, 0.5) is 0 Å². The summed E-state index contributed by atoms with van der Waals surface area (Å²) in [5.41, 5.74) is 2.12. The highest BCUT2D eigenvalue weighted by molar-refractivity contribution is 9.10. The van der Waals surface area contributed by atoms with Crippen LogP contribution in [0.25, 0.3) is 0 Å². The Bertz CT molecular complexity index is 423. The molecule has 3 heteroatoms. The Morgan fingerprint density at radius 1 is 1.26 bits per heavy atom. The Kier molecular flexibility index (Phi) is 3.97. The molecule has 1 unspecified atom stereocenters. The molecule has 0 radical (unpaired) electrons. The average Bonchev–Trinajstić information content (AvgIpc) is 3.04. The van der Waals surface area contributed by atoms with Crippen molar-refractivity contribution in [1.82, 2.24) is 10.2 Å². The average molecular weight is 323 g/mol. The molecule has 1 aromatic carbocycles. The van der Waals surface area contributed by atoms with Crippen LogP contribution in [0.3, 0.4) is 0 Å². The van der Waals surface area contributed by atoms with E-state index in [9.17, 15) is 0 Å². The third-order valence-corrected chi connectivity index (χ3v) is 5.38. The molecule has 19 heavy (non-hydrogen) atoms. The van der Waals surface area contributed by atoms with Gasteiger partial charge in [0.15, 0.2) is 0 Å². The zero-order chi connectivity index (χ0) is 13.3. The van der Waals surface area contributed by atoms with Crippen molar-refractivity contribution in [2.75, 3.05) is 26.7 Å². The summed E-state index contributed by atoms with van der Waals surface area (Å²) in [4.78, 5) is 2.49. The van der Waals surface area contributed by atoms with Crippen molar-refractivity contribution in [2.45, 2.75) is 25.8 Å². The van der Waals surface area contributed by atoms with Crippen molar-refractivity contribution in [1.29, 1.82) is 0 Å². The lowest BCUT2D eigenvalue weighted by molar-refractivity contribution is 0.257. The van der Waals surface area contributed by atoms with Gasteiger partial charge in [-0.05, 0) is 68.4 Å². The first-order valence-electron chi connectivity index (χ1n) is 7.32. The zero-order valence-corrected chi connectivity index (χ0v) is 13.2. The lowest BCUT2D eigenvalue weighted by atomic mass is 9.92. The minimum absolute atomic E-state index is 0.708. The summed E-state index contributed by atoms with van der Waals surface area (Å²) in [6, 6.07) is 8.70. The summed E-state index contributed by atoms with van der Waals surface area (Å²) in [5.74, 6) is 0.940. The fraction of sp³-hybridized carbons (Fsp3) is 0.625. The summed E-state index contributed by atoms with van der Waals surface area (Å²) in [6.45, 7) is 4.79. The summed E-state index contributed by atoms with van der Waals surface area (Å²) < 4.78 is 1.16. The Balaban J connectivity index is 1.49. The molecule has 1 aromatic rings. The molecule has 1 atom stereocenters. The van der Waals surface area contributed by atoms with Crippen molar-refractivity contribution in [3.63, 3.8) is 0 Å². The molecule has 1 N–H and O–H groups in total. The molecule has 1 aliphatic carbocycles. The quantitative estimate of drug-likeness (QED) is 0.915. The molecule has 1 aliphatic heterocycles. The van der Waals surface area contributed by atoms with Crippen molar-refractivity contribution in [2.24, 2.45) is 11.3 Å². The van der Waals surface area contributed by atoms with Gasteiger partial charge in [-0.15, -0.1) is 0 Å². The van der Waals surface area contributed by atoms with E-state index in [2.05, 4.69) is 57.5 Å². The standard InChI is InChI=1S/C16H23BrN2/c1-19(11-13-2-4-15(17)5-3-13)12-14-10-16(14)6-8-18-9-7-16/h2-5,14,18H,6-12H2,1H3. The zero-order valence-electron chi connectivity index (χ0n) is 11.7. The number of halogens is 1. The summed E-state index contributed by atoms with van der Waals surface area (Å²) >= 11 is 3.49. The number of nitrogens with zero attached hydrogens (tertiary/aromatic N) is 1. The van der Waals surface area contributed by atoms with Crippen molar-refractivity contribution in [3.05, 3.63) is 34.3 Å². The van der Waals surface area contributed by atoms with E-state index in [1.54, 1.807) is 0 Å². The van der Waals surface area contributed by atoms with Crippen LogP contribution in [-0.2, 0) is 6.54 Å². The van der Waals surface area contributed by atoms with Gasteiger partial charge in [-0.1, -0.05) is 28.1 Å². The van der Waals surface area contributed by atoms with Gasteiger partial charge in [-0.2, -0.15) is 0 Å². The van der Waals surface area contributed by atoms with Gasteiger partial charge in [0.1, 0.15) is 0 Å². The van der Waals surface area contributed by atoms with E-state index in [1.165, 1.54) is 44.5 Å². The smallest absolute Gasteiger partial charge is 0.0230 e.